The Hall–Kier alpha value is -1.27. The Bertz CT molecular complexity index is 685. The average molecular weight is 373 g/mol. The second-order valence-corrected chi connectivity index (χ2v) is 8.47. The number of benzene rings is 1. The van der Waals surface area contributed by atoms with Crippen molar-refractivity contribution in [2.45, 2.75) is 39.5 Å². The molecule has 1 saturated heterocycles. The lowest BCUT2D eigenvalue weighted by Gasteiger charge is -2.29. The van der Waals surface area contributed by atoms with Crippen LogP contribution in [-0.4, -0.2) is 44.6 Å². The Labute approximate surface area is 149 Å². The first-order valence-electron chi connectivity index (χ1n) is 8.50. The van der Waals surface area contributed by atoms with Crippen LogP contribution in [-0.2, 0) is 10.0 Å². The maximum Gasteiger partial charge on any atom is 0.255 e. The number of hydrogen-bond donors (Lipinski definition) is 0. The lowest BCUT2D eigenvalue weighted by molar-refractivity contribution is 0.0756. The van der Waals surface area contributed by atoms with Crippen molar-refractivity contribution in [1.82, 2.24) is 4.90 Å². The molecular weight excluding hydrogens is 348 g/mol. The zero-order valence-electron chi connectivity index (χ0n) is 14.3. The molecule has 0 unspecified atom stereocenters. The average Bonchev–Trinajstić information content (AvgIpc) is 2.54. The smallest absolute Gasteiger partial charge is 0.255 e. The van der Waals surface area contributed by atoms with Gasteiger partial charge in [-0.3, -0.25) is 9.10 Å². The Morgan fingerprint density at radius 2 is 1.88 bits per heavy atom. The molecular formula is C17H25ClN2O3S. The molecule has 1 aromatic rings. The molecule has 24 heavy (non-hydrogen) atoms. The summed E-state index contributed by atoms with van der Waals surface area (Å²) in [6.45, 7) is 5.82. The van der Waals surface area contributed by atoms with Crippen molar-refractivity contribution in [3.05, 3.63) is 28.8 Å². The number of amides is 1. The molecule has 1 amide bonds. The number of carbonyl (C=O) groups excluding carboxylic acids is 1. The zero-order valence-corrected chi connectivity index (χ0v) is 15.9. The summed E-state index contributed by atoms with van der Waals surface area (Å²) in [5.74, 6) is 0.0106. The second kappa shape index (κ2) is 8.21. The lowest BCUT2D eigenvalue weighted by Crippen LogP contribution is -2.38. The highest BCUT2D eigenvalue weighted by Crippen LogP contribution is 2.28. The van der Waals surface area contributed by atoms with Gasteiger partial charge in [-0.05, 0) is 43.9 Å². The quantitative estimate of drug-likeness (QED) is 0.767. The van der Waals surface area contributed by atoms with Crippen molar-refractivity contribution in [1.29, 1.82) is 0 Å². The van der Waals surface area contributed by atoms with Gasteiger partial charge in [0, 0.05) is 19.6 Å². The monoisotopic (exact) mass is 372 g/mol. The van der Waals surface area contributed by atoms with E-state index in [2.05, 4.69) is 0 Å². The molecule has 0 aliphatic carbocycles. The van der Waals surface area contributed by atoms with Crippen molar-refractivity contribution < 1.29 is 13.2 Å². The summed E-state index contributed by atoms with van der Waals surface area (Å²) >= 11 is 6.23. The van der Waals surface area contributed by atoms with Crippen LogP contribution in [0.15, 0.2) is 18.2 Å². The number of rotatable bonds is 6. The standard InChI is InChI=1S/C17H25ClN2O3S/c1-3-9-19(10-4-2)17(21)15-13-14(7-8-16(15)18)20-11-5-6-12-24(20,22)23/h7-8,13H,3-6,9-12H2,1-2H3. The molecule has 0 aromatic heterocycles. The van der Waals surface area contributed by atoms with E-state index >= 15 is 0 Å². The van der Waals surface area contributed by atoms with E-state index in [1.165, 1.54) is 4.31 Å². The summed E-state index contributed by atoms with van der Waals surface area (Å²) in [5.41, 5.74) is 0.896. The first-order valence-corrected chi connectivity index (χ1v) is 10.5. The fourth-order valence-electron chi connectivity index (χ4n) is 2.94. The minimum Gasteiger partial charge on any atom is -0.339 e. The van der Waals surface area contributed by atoms with Gasteiger partial charge in [0.15, 0.2) is 0 Å². The third-order valence-electron chi connectivity index (χ3n) is 4.09. The maximum atomic E-state index is 12.8. The van der Waals surface area contributed by atoms with E-state index in [0.717, 1.165) is 19.3 Å². The normalized spacial score (nSPS) is 16.9. The molecule has 0 saturated carbocycles. The first-order chi connectivity index (χ1) is 11.4. The van der Waals surface area contributed by atoms with Crippen LogP contribution in [0.1, 0.15) is 49.9 Å². The van der Waals surface area contributed by atoms with Crippen molar-refractivity contribution in [2.75, 3.05) is 29.7 Å². The molecule has 0 radical (unpaired) electrons. The number of sulfonamides is 1. The van der Waals surface area contributed by atoms with Gasteiger partial charge < -0.3 is 4.90 Å². The maximum absolute atomic E-state index is 12.8. The summed E-state index contributed by atoms with van der Waals surface area (Å²) in [6, 6.07) is 4.90. The molecule has 0 N–H and O–H groups in total. The fourth-order valence-corrected chi connectivity index (χ4v) is 4.77. The first kappa shape index (κ1) is 19.1. The number of nitrogens with zero attached hydrogens (tertiary/aromatic N) is 2. The predicted octanol–water partition coefficient (Wildman–Crippen LogP) is 3.53. The van der Waals surface area contributed by atoms with E-state index in [1.54, 1.807) is 23.1 Å². The molecule has 7 heteroatoms. The third-order valence-corrected chi connectivity index (χ3v) is 6.29. The van der Waals surface area contributed by atoms with Gasteiger partial charge in [-0.25, -0.2) is 8.42 Å². The number of carbonyl (C=O) groups is 1. The second-order valence-electron chi connectivity index (χ2n) is 6.05. The summed E-state index contributed by atoms with van der Waals surface area (Å²) in [5, 5.41) is 0.357. The van der Waals surface area contributed by atoms with Crippen LogP contribution in [0, 0.1) is 0 Å². The summed E-state index contributed by atoms with van der Waals surface area (Å²) < 4.78 is 26.0. The predicted molar refractivity (Wildman–Crippen MR) is 98.3 cm³/mol. The van der Waals surface area contributed by atoms with E-state index in [1.807, 2.05) is 13.8 Å². The molecule has 1 fully saturated rings. The topological polar surface area (TPSA) is 57.7 Å². The van der Waals surface area contributed by atoms with Crippen molar-refractivity contribution in [3.8, 4) is 0 Å². The van der Waals surface area contributed by atoms with E-state index in [9.17, 15) is 13.2 Å². The highest BCUT2D eigenvalue weighted by molar-refractivity contribution is 7.92. The van der Waals surface area contributed by atoms with Crippen molar-refractivity contribution >= 4 is 33.2 Å². The van der Waals surface area contributed by atoms with Gasteiger partial charge in [-0.15, -0.1) is 0 Å². The van der Waals surface area contributed by atoms with Crippen LogP contribution < -0.4 is 4.31 Å². The van der Waals surface area contributed by atoms with Gasteiger partial charge in [-0.2, -0.15) is 0 Å². The Morgan fingerprint density at radius 3 is 2.46 bits per heavy atom. The van der Waals surface area contributed by atoms with E-state index in [4.69, 9.17) is 11.6 Å². The van der Waals surface area contributed by atoms with Gasteiger partial charge in [-0.1, -0.05) is 25.4 Å². The van der Waals surface area contributed by atoms with Gasteiger partial charge in [0.25, 0.3) is 5.91 Å². The molecule has 1 aliphatic heterocycles. The van der Waals surface area contributed by atoms with Crippen LogP contribution in [0.25, 0.3) is 0 Å². The molecule has 0 spiro atoms. The molecule has 134 valence electrons. The van der Waals surface area contributed by atoms with Crippen LogP contribution in [0.3, 0.4) is 0 Å². The van der Waals surface area contributed by atoms with E-state index < -0.39 is 10.0 Å². The minimum absolute atomic E-state index is 0.139. The van der Waals surface area contributed by atoms with E-state index in [-0.39, 0.29) is 11.7 Å². The van der Waals surface area contributed by atoms with Gasteiger partial charge in [0.2, 0.25) is 10.0 Å². The molecule has 1 aromatic carbocycles. The molecule has 5 nitrogen and oxygen atoms in total. The molecule has 2 rings (SSSR count). The Balaban J connectivity index is 2.36. The van der Waals surface area contributed by atoms with Gasteiger partial charge in [0.05, 0.1) is 22.0 Å². The SMILES string of the molecule is CCCN(CCC)C(=O)c1cc(N2CCCCS2(=O)=O)ccc1Cl. The molecule has 0 atom stereocenters. The molecule has 1 aliphatic rings. The highest BCUT2D eigenvalue weighted by Gasteiger charge is 2.27. The van der Waals surface area contributed by atoms with Gasteiger partial charge >= 0.3 is 0 Å². The zero-order chi connectivity index (χ0) is 17.7. The summed E-state index contributed by atoms with van der Waals surface area (Å²) in [7, 11) is -3.31. The van der Waals surface area contributed by atoms with Gasteiger partial charge in [0.1, 0.15) is 0 Å². The third kappa shape index (κ3) is 4.22. The summed E-state index contributed by atoms with van der Waals surface area (Å²) in [6.07, 6.45) is 3.23. The lowest BCUT2D eigenvalue weighted by atomic mass is 10.1. The number of halogens is 1. The van der Waals surface area contributed by atoms with Crippen LogP contribution in [0.2, 0.25) is 5.02 Å². The number of anilines is 1. The molecule has 0 bridgehead atoms. The largest absolute Gasteiger partial charge is 0.339 e. The number of hydrogen-bond acceptors (Lipinski definition) is 3. The minimum atomic E-state index is -3.31. The Kier molecular flexibility index (Phi) is 6.52. The fraction of sp³-hybridized carbons (Fsp3) is 0.588. The molecule has 1 heterocycles. The van der Waals surface area contributed by atoms with Crippen LogP contribution in [0.4, 0.5) is 5.69 Å². The van der Waals surface area contributed by atoms with Crippen molar-refractivity contribution in [3.63, 3.8) is 0 Å². The van der Waals surface area contributed by atoms with Crippen LogP contribution >= 0.6 is 11.6 Å². The highest BCUT2D eigenvalue weighted by atomic mass is 35.5. The Morgan fingerprint density at radius 1 is 1.21 bits per heavy atom. The van der Waals surface area contributed by atoms with Crippen LogP contribution in [0.5, 0.6) is 0 Å². The van der Waals surface area contributed by atoms with Crippen molar-refractivity contribution in [2.24, 2.45) is 0 Å². The summed E-state index contributed by atoms with van der Waals surface area (Å²) in [4.78, 5) is 14.6. The van der Waals surface area contributed by atoms with E-state index in [0.29, 0.717) is 42.3 Å².